The lowest BCUT2D eigenvalue weighted by atomic mass is 10.2. The van der Waals surface area contributed by atoms with Gasteiger partial charge in [0.05, 0.1) is 9.88 Å². The summed E-state index contributed by atoms with van der Waals surface area (Å²) >= 11 is 1.60. The zero-order valence-electron chi connectivity index (χ0n) is 10.2. The third-order valence-electron chi connectivity index (χ3n) is 2.60. The average molecular weight is 239 g/mol. The molecular formula is C13H21NOS. The standard InChI is InChI=1S/C13H21NOS/c1-3-5-9-14(10-6-4-2)13-8-7-12(11-15)16-13/h7-8,11H,3-6,9-10H2,1-2H3. The summed E-state index contributed by atoms with van der Waals surface area (Å²) in [5.74, 6) is 0. The molecule has 0 saturated heterocycles. The lowest BCUT2D eigenvalue weighted by Crippen LogP contribution is -2.24. The molecule has 0 aliphatic rings. The Balaban J connectivity index is 2.62. The number of carbonyl (C=O) groups is 1. The number of unbranched alkanes of at least 4 members (excludes halogenated alkanes) is 2. The van der Waals surface area contributed by atoms with Crippen LogP contribution in [-0.4, -0.2) is 19.4 Å². The second-order valence-electron chi connectivity index (χ2n) is 3.99. The number of thiophene rings is 1. The molecule has 2 nitrogen and oxygen atoms in total. The Morgan fingerprint density at radius 1 is 1.19 bits per heavy atom. The predicted octanol–water partition coefficient (Wildman–Crippen LogP) is 3.97. The molecule has 1 aromatic rings. The third-order valence-corrected chi connectivity index (χ3v) is 3.68. The van der Waals surface area contributed by atoms with Crippen LogP contribution >= 0.6 is 11.3 Å². The lowest BCUT2D eigenvalue weighted by Gasteiger charge is -2.22. The number of nitrogens with zero attached hydrogens (tertiary/aromatic N) is 1. The Labute approximate surface area is 102 Å². The van der Waals surface area contributed by atoms with Crippen LogP contribution in [0.4, 0.5) is 5.00 Å². The van der Waals surface area contributed by atoms with Crippen LogP contribution in [0.3, 0.4) is 0 Å². The number of hydrogen-bond donors (Lipinski definition) is 0. The molecular weight excluding hydrogens is 218 g/mol. The minimum atomic E-state index is 0.827. The zero-order chi connectivity index (χ0) is 11.8. The number of anilines is 1. The van der Waals surface area contributed by atoms with E-state index in [-0.39, 0.29) is 0 Å². The van der Waals surface area contributed by atoms with Gasteiger partial charge in [-0.05, 0) is 25.0 Å². The van der Waals surface area contributed by atoms with Gasteiger partial charge in [0.2, 0.25) is 0 Å². The molecule has 0 atom stereocenters. The van der Waals surface area contributed by atoms with E-state index >= 15 is 0 Å². The van der Waals surface area contributed by atoms with Crippen LogP contribution in [0.25, 0.3) is 0 Å². The van der Waals surface area contributed by atoms with E-state index in [0.717, 1.165) is 24.3 Å². The van der Waals surface area contributed by atoms with Gasteiger partial charge in [-0.25, -0.2) is 0 Å². The topological polar surface area (TPSA) is 20.3 Å². The smallest absolute Gasteiger partial charge is 0.160 e. The van der Waals surface area contributed by atoms with Crippen molar-refractivity contribution >= 4 is 22.6 Å². The van der Waals surface area contributed by atoms with Crippen molar-refractivity contribution in [3.05, 3.63) is 17.0 Å². The summed E-state index contributed by atoms with van der Waals surface area (Å²) in [5.41, 5.74) is 0. The highest BCUT2D eigenvalue weighted by molar-refractivity contribution is 7.17. The molecule has 1 aromatic heterocycles. The summed E-state index contributed by atoms with van der Waals surface area (Å²) in [7, 11) is 0. The third kappa shape index (κ3) is 3.97. The van der Waals surface area contributed by atoms with E-state index in [1.807, 2.05) is 6.07 Å². The number of rotatable bonds is 8. The quantitative estimate of drug-likeness (QED) is 0.640. The summed E-state index contributed by atoms with van der Waals surface area (Å²) in [6.07, 6.45) is 5.81. The Morgan fingerprint density at radius 2 is 1.81 bits per heavy atom. The maximum Gasteiger partial charge on any atom is 0.160 e. The van der Waals surface area contributed by atoms with Crippen molar-refractivity contribution in [2.24, 2.45) is 0 Å². The van der Waals surface area contributed by atoms with Gasteiger partial charge >= 0.3 is 0 Å². The Bertz CT molecular complexity index is 301. The van der Waals surface area contributed by atoms with Crippen molar-refractivity contribution in [1.29, 1.82) is 0 Å². The molecule has 0 aromatic carbocycles. The molecule has 0 N–H and O–H groups in total. The molecule has 3 heteroatoms. The molecule has 0 spiro atoms. The van der Waals surface area contributed by atoms with Crippen molar-refractivity contribution < 1.29 is 4.79 Å². The highest BCUT2D eigenvalue weighted by Crippen LogP contribution is 2.25. The predicted molar refractivity (Wildman–Crippen MR) is 71.7 cm³/mol. The van der Waals surface area contributed by atoms with Crippen molar-refractivity contribution in [1.82, 2.24) is 0 Å². The van der Waals surface area contributed by atoms with Gasteiger partial charge in [-0.3, -0.25) is 4.79 Å². The molecule has 0 aliphatic heterocycles. The van der Waals surface area contributed by atoms with E-state index in [2.05, 4.69) is 24.8 Å². The molecule has 0 amide bonds. The first kappa shape index (κ1) is 13.2. The van der Waals surface area contributed by atoms with Crippen molar-refractivity contribution in [3.8, 4) is 0 Å². The minimum absolute atomic E-state index is 0.827. The average Bonchev–Trinajstić information content (AvgIpc) is 2.78. The van der Waals surface area contributed by atoms with E-state index in [1.165, 1.54) is 30.7 Å². The highest BCUT2D eigenvalue weighted by Gasteiger charge is 2.08. The largest absolute Gasteiger partial charge is 0.363 e. The van der Waals surface area contributed by atoms with Gasteiger partial charge in [-0.1, -0.05) is 26.7 Å². The fourth-order valence-corrected chi connectivity index (χ4v) is 2.48. The zero-order valence-corrected chi connectivity index (χ0v) is 11.1. The van der Waals surface area contributed by atoms with E-state index in [4.69, 9.17) is 0 Å². The van der Waals surface area contributed by atoms with Crippen LogP contribution in [0.5, 0.6) is 0 Å². The van der Waals surface area contributed by atoms with Crippen LogP contribution < -0.4 is 4.90 Å². The molecule has 1 heterocycles. The highest BCUT2D eigenvalue weighted by atomic mass is 32.1. The summed E-state index contributed by atoms with van der Waals surface area (Å²) in [4.78, 5) is 13.9. The van der Waals surface area contributed by atoms with Gasteiger partial charge < -0.3 is 4.90 Å². The van der Waals surface area contributed by atoms with Crippen LogP contribution in [0, 0.1) is 0 Å². The van der Waals surface area contributed by atoms with Crippen molar-refractivity contribution in [3.63, 3.8) is 0 Å². The molecule has 0 fully saturated rings. The molecule has 0 bridgehead atoms. The summed E-state index contributed by atoms with van der Waals surface area (Å²) in [6, 6.07) is 3.98. The summed E-state index contributed by atoms with van der Waals surface area (Å²) in [6.45, 7) is 6.64. The Kier molecular flexibility index (Phi) is 6.16. The molecule has 0 radical (unpaired) electrons. The first-order valence-corrected chi connectivity index (χ1v) is 6.93. The van der Waals surface area contributed by atoms with Gasteiger partial charge in [0, 0.05) is 13.1 Å². The second-order valence-corrected chi connectivity index (χ2v) is 5.08. The fourth-order valence-electron chi connectivity index (χ4n) is 1.61. The normalized spacial score (nSPS) is 10.4. The Hall–Kier alpha value is -0.830. The van der Waals surface area contributed by atoms with Crippen LogP contribution in [0.2, 0.25) is 0 Å². The van der Waals surface area contributed by atoms with Crippen LogP contribution in [0.1, 0.15) is 49.2 Å². The molecule has 1 rings (SSSR count). The monoisotopic (exact) mass is 239 g/mol. The Morgan fingerprint density at radius 3 is 2.25 bits per heavy atom. The van der Waals surface area contributed by atoms with Gasteiger partial charge in [-0.15, -0.1) is 11.3 Å². The summed E-state index contributed by atoms with van der Waals surface area (Å²) in [5, 5.41) is 1.24. The molecule has 0 unspecified atom stereocenters. The molecule has 90 valence electrons. The maximum absolute atomic E-state index is 10.7. The van der Waals surface area contributed by atoms with Crippen LogP contribution in [-0.2, 0) is 0 Å². The van der Waals surface area contributed by atoms with E-state index in [0.29, 0.717) is 0 Å². The van der Waals surface area contributed by atoms with E-state index in [1.54, 1.807) is 11.3 Å². The number of hydrogen-bond acceptors (Lipinski definition) is 3. The van der Waals surface area contributed by atoms with Crippen LogP contribution in [0.15, 0.2) is 12.1 Å². The number of carbonyl (C=O) groups excluding carboxylic acids is 1. The second kappa shape index (κ2) is 7.44. The van der Waals surface area contributed by atoms with E-state index in [9.17, 15) is 4.79 Å². The van der Waals surface area contributed by atoms with Crippen molar-refractivity contribution in [2.75, 3.05) is 18.0 Å². The van der Waals surface area contributed by atoms with Gasteiger partial charge in [0.15, 0.2) is 6.29 Å². The fraction of sp³-hybridized carbons (Fsp3) is 0.615. The van der Waals surface area contributed by atoms with Gasteiger partial charge in [0.25, 0.3) is 0 Å². The summed E-state index contributed by atoms with van der Waals surface area (Å²) < 4.78 is 0. The lowest BCUT2D eigenvalue weighted by molar-refractivity contribution is 0.112. The van der Waals surface area contributed by atoms with E-state index < -0.39 is 0 Å². The van der Waals surface area contributed by atoms with Gasteiger partial charge in [0.1, 0.15) is 0 Å². The first-order valence-electron chi connectivity index (χ1n) is 6.11. The molecule has 0 saturated carbocycles. The number of aldehydes is 1. The molecule has 0 aliphatic carbocycles. The molecule has 16 heavy (non-hydrogen) atoms. The minimum Gasteiger partial charge on any atom is -0.363 e. The van der Waals surface area contributed by atoms with Gasteiger partial charge in [-0.2, -0.15) is 0 Å². The first-order chi connectivity index (χ1) is 7.81. The maximum atomic E-state index is 10.7. The van der Waals surface area contributed by atoms with Crippen molar-refractivity contribution in [2.45, 2.75) is 39.5 Å². The SMILES string of the molecule is CCCCN(CCCC)c1ccc(C=O)s1.